The van der Waals surface area contributed by atoms with E-state index in [0.29, 0.717) is 5.06 Å². The Morgan fingerprint density at radius 2 is 1.53 bits per heavy atom. The molecule has 0 atom stereocenters. The number of hydrogen-bond donors (Lipinski definition) is 0. The fourth-order valence-corrected chi connectivity index (χ4v) is 1.40. The third-order valence-electron chi connectivity index (χ3n) is 2.15. The van der Waals surface area contributed by atoms with Gasteiger partial charge in [0.15, 0.2) is 0 Å². The summed E-state index contributed by atoms with van der Waals surface area (Å²) in [6, 6.07) is 0. The van der Waals surface area contributed by atoms with E-state index in [0.717, 1.165) is 0 Å². The Balaban J connectivity index is 2.34. The molecule has 0 spiro atoms. The average Bonchev–Trinajstić information content (AvgIpc) is 2.56. The van der Waals surface area contributed by atoms with Gasteiger partial charge in [0, 0.05) is 12.8 Å². The van der Waals surface area contributed by atoms with Gasteiger partial charge in [-0.3, -0.25) is 14.4 Å². The van der Waals surface area contributed by atoms with Gasteiger partial charge < -0.3 is 9.57 Å². The van der Waals surface area contributed by atoms with Gasteiger partial charge in [0.25, 0.3) is 11.8 Å². The lowest BCUT2D eigenvalue weighted by Gasteiger charge is -2.19. The first-order valence-electron chi connectivity index (χ1n) is 5.97. The molecule has 106 valence electrons. The van der Waals surface area contributed by atoms with Gasteiger partial charge in [-0.05, 0) is 20.8 Å². The van der Waals surface area contributed by atoms with Crippen LogP contribution in [0.1, 0.15) is 46.5 Å². The van der Waals surface area contributed by atoms with Crippen LogP contribution >= 0.6 is 0 Å². The summed E-state index contributed by atoms with van der Waals surface area (Å²) in [5.74, 6) is -2.44. The van der Waals surface area contributed by atoms with Crippen LogP contribution in [-0.2, 0) is 28.8 Å². The van der Waals surface area contributed by atoms with E-state index < -0.39 is 29.4 Å². The number of carbonyl (C=O) groups is 4. The third-order valence-corrected chi connectivity index (χ3v) is 2.15. The zero-order chi connectivity index (χ0) is 14.6. The number of imide groups is 1. The van der Waals surface area contributed by atoms with Crippen LogP contribution in [-0.4, -0.2) is 34.4 Å². The lowest BCUT2D eigenvalue weighted by atomic mass is 10.2. The van der Waals surface area contributed by atoms with Crippen LogP contribution in [0.5, 0.6) is 0 Å². The van der Waals surface area contributed by atoms with Crippen LogP contribution in [0.4, 0.5) is 0 Å². The molecule has 2 amide bonds. The minimum absolute atomic E-state index is 0.0399. The van der Waals surface area contributed by atoms with Gasteiger partial charge in [0.1, 0.15) is 5.60 Å². The van der Waals surface area contributed by atoms with E-state index in [1.165, 1.54) is 0 Å². The highest BCUT2D eigenvalue weighted by atomic mass is 16.7. The van der Waals surface area contributed by atoms with Gasteiger partial charge in [-0.25, -0.2) is 4.79 Å². The minimum atomic E-state index is -0.811. The second kappa shape index (κ2) is 5.81. The lowest BCUT2D eigenvalue weighted by molar-refractivity contribution is -0.197. The van der Waals surface area contributed by atoms with E-state index in [-0.39, 0.29) is 25.7 Å². The lowest BCUT2D eigenvalue weighted by Crippen LogP contribution is -2.32. The molecule has 0 aromatic heterocycles. The molecule has 1 saturated heterocycles. The first-order chi connectivity index (χ1) is 8.69. The maximum Gasteiger partial charge on any atom is 0.333 e. The Bertz CT molecular complexity index is 393. The number of hydroxylamine groups is 2. The summed E-state index contributed by atoms with van der Waals surface area (Å²) in [6.45, 7) is 5.14. The van der Waals surface area contributed by atoms with E-state index in [4.69, 9.17) is 4.74 Å². The number of amides is 2. The van der Waals surface area contributed by atoms with Crippen molar-refractivity contribution in [3.63, 3.8) is 0 Å². The maximum atomic E-state index is 11.4. The SMILES string of the molecule is CC(C)(C)OC(=O)CCC(=O)ON1C(=O)CCC1=O. The average molecular weight is 271 g/mol. The van der Waals surface area contributed by atoms with E-state index in [2.05, 4.69) is 4.84 Å². The van der Waals surface area contributed by atoms with Gasteiger partial charge in [-0.1, -0.05) is 0 Å². The van der Waals surface area contributed by atoms with Gasteiger partial charge in [0.05, 0.1) is 12.8 Å². The van der Waals surface area contributed by atoms with E-state index in [9.17, 15) is 19.2 Å². The summed E-state index contributed by atoms with van der Waals surface area (Å²) in [5.41, 5.74) is -0.623. The van der Waals surface area contributed by atoms with Crippen LogP contribution in [0.2, 0.25) is 0 Å². The molecule has 0 saturated carbocycles. The topological polar surface area (TPSA) is 90.0 Å². The monoisotopic (exact) mass is 271 g/mol. The first-order valence-corrected chi connectivity index (χ1v) is 5.97. The van der Waals surface area contributed by atoms with E-state index >= 15 is 0 Å². The molecule has 0 aliphatic carbocycles. The third kappa shape index (κ3) is 5.07. The molecule has 1 rings (SSSR count). The summed E-state index contributed by atoms with van der Waals surface area (Å²) in [6.07, 6.45) is -0.325. The second-order valence-corrected chi connectivity index (χ2v) is 5.13. The molecule has 0 radical (unpaired) electrons. The van der Waals surface area contributed by atoms with Crippen LogP contribution in [0.25, 0.3) is 0 Å². The predicted octanol–water partition coefficient (Wildman–Crippen LogP) is 0.715. The van der Waals surface area contributed by atoms with Crippen molar-refractivity contribution in [1.29, 1.82) is 0 Å². The Morgan fingerprint density at radius 1 is 1.05 bits per heavy atom. The smallest absolute Gasteiger partial charge is 0.333 e. The van der Waals surface area contributed by atoms with Crippen molar-refractivity contribution in [1.82, 2.24) is 5.06 Å². The molecule has 0 aromatic carbocycles. The second-order valence-electron chi connectivity index (χ2n) is 5.13. The molecule has 0 N–H and O–H groups in total. The summed E-state index contributed by atoms with van der Waals surface area (Å²) in [7, 11) is 0. The van der Waals surface area contributed by atoms with Crippen LogP contribution in [0.3, 0.4) is 0 Å². The van der Waals surface area contributed by atoms with Crippen molar-refractivity contribution >= 4 is 23.8 Å². The Morgan fingerprint density at radius 3 is 2.00 bits per heavy atom. The van der Waals surface area contributed by atoms with Crippen molar-refractivity contribution in [2.24, 2.45) is 0 Å². The fourth-order valence-electron chi connectivity index (χ4n) is 1.40. The fraction of sp³-hybridized carbons (Fsp3) is 0.667. The van der Waals surface area contributed by atoms with Crippen LogP contribution in [0, 0.1) is 0 Å². The number of nitrogens with zero attached hydrogens (tertiary/aromatic N) is 1. The molecule has 1 heterocycles. The normalized spacial score (nSPS) is 15.6. The molecule has 1 fully saturated rings. The number of rotatable bonds is 4. The highest BCUT2D eigenvalue weighted by Gasteiger charge is 2.32. The summed E-state index contributed by atoms with van der Waals surface area (Å²) < 4.78 is 5.01. The van der Waals surface area contributed by atoms with Gasteiger partial charge in [0.2, 0.25) is 0 Å². The van der Waals surface area contributed by atoms with E-state index in [1.54, 1.807) is 20.8 Å². The zero-order valence-corrected chi connectivity index (χ0v) is 11.2. The van der Waals surface area contributed by atoms with Crippen molar-refractivity contribution in [2.75, 3.05) is 0 Å². The van der Waals surface area contributed by atoms with Crippen LogP contribution < -0.4 is 0 Å². The molecule has 0 aromatic rings. The Kier molecular flexibility index (Phi) is 4.63. The molecular weight excluding hydrogens is 254 g/mol. The molecule has 7 heteroatoms. The minimum Gasteiger partial charge on any atom is -0.460 e. The van der Waals surface area contributed by atoms with Gasteiger partial charge in [-0.2, -0.15) is 0 Å². The predicted molar refractivity (Wildman–Crippen MR) is 62.3 cm³/mol. The summed E-state index contributed by atoms with van der Waals surface area (Å²) >= 11 is 0. The van der Waals surface area contributed by atoms with Gasteiger partial charge in [-0.15, -0.1) is 5.06 Å². The molecule has 19 heavy (non-hydrogen) atoms. The Labute approximate surface area is 110 Å². The molecule has 0 bridgehead atoms. The highest BCUT2D eigenvalue weighted by Crippen LogP contribution is 2.14. The molecule has 1 aliphatic heterocycles. The van der Waals surface area contributed by atoms with Crippen LogP contribution in [0.15, 0.2) is 0 Å². The van der Waals surface area contributed by atoms with Crippen molar-refractivity contribution < 1.29 is 28.8 Å². The molecular formula is C12H17NO6. The van der Waals surface area contributed by atoms with Crippen molar-refractivity contribution in [3.05, 3.63) is 0 Å². The zero-order valence-electron chi connectivity index (χ0n) is 11.2. The number of hydrogen-bond acceptors (Lipinski definition) is 6. The molecule has 7 nitrogen and oxygen atoms in total. The highest BCUT2D eigenvalue weighted by molar-refractivity contribution is 6.01. The maximum absolute atomic E-state index is 11.4. The van der Waals surface area contributed by atoms with Crippen molar-refractivity contribution in [2.45, 2.75) is 52.1 Å². The first kappa shape index (κ1) is 15.1. The standard InChI is InChI=1S/C12H17NO6/c1-12(2,3)18-10(16)6-7-11(17)19-13-8(14)4-5-9(13)15/h4-7H2,1-3H3. The Hall–Kier alpha value is -1.92. The molecule has 1 aliphatic rings. The van der Waals surface area contributed by atoms with E-state index in [1.807, 2.05) is 0 Å². The largest absolute Gasteiger partial charge is 0.460 e. The number of ether oxygens (including phenoxy) is 1. The molecule has 0 unspecified atom stereocenters. The van der Waals surface area contributed by atoms with Crippen molar-refractivity contribution in [3.8, 4) is 0 Å². The summed E-state index contributed by atoms with van der Waals surface area (Å²) in [4.78, 5) is 49.7. The quantitative estimate of drug-likeness (QED) is 0.552. The number of esters is 1. The van der Waals surface area contributed by atoms with Gasteiger partial charge >= 0.3 is 11.9 Å². The number of carbonyl (C=O) groups excluding carboxylic acids is 4. The summed E-state index contributed by atoms with van der Waals surface area (Å²) in [5, 5.41) is 0.456.